The Morgan fingerprint density at radius 3 is 2.62 bits per heavy atom. The molecule has 0 spiro atoms. The lowest BCUT2D eigenvalue weighted by molar-refractivity contribution is 0.190. The third-order valence-corrected chi connectivity index (χ3v) is 4.91. The van der Waals surface area contributed by atoms with Gasteiger partial charge in [-0.15, -0.1) is 20.1 Å². The maximum absolute atomic E-state index is 5.95. The molecule has 5 rings (SSSR count). The molecule has 4 aromatic heterocycles. The molecule has 4 aromatic rings. The van der Waals surface area contributed by atoms with E-state index >= 15 is 0 Å². The van der Waals surface area contributed by atoms with E-state index in [-0.39, 0.29) is 0 Å². The number of hydrogen-bond donors (Lipinski definition) is 0. The molecule has 1 aliphatic rings. The van der Waals surface area contributed by atoms with Crippen molar-refractivity contribution >= 4 is 0 Å². The van der Waals surface area contributed by atoms with Crippen LogP contribution in [0.15, 0.2) is 43.0 Å². The lowest BCUT2D eigenvalue weighted by Gasteiger charge is -2.10. The zero-order chi connectivity index (χ0) is 19.8. The molecule has 29 heavy (non-hydrogen) atoms. The molecule has 1 atom stereocenters. The Morgan fingerprint density at radius 2 is 1.83 bits per heavy atom. The Morgan fingerprint density at radius 1 is 1.03 bits per heavy atom. The van der Waals surface area contributed by atoms with Crippen molar-refractivity contribution in [3.8, 4) is 23.1 Å². The van der Waals surface area contributed by atoms with Gasteiger partial charge in [0.15, 0.2) is 11.9 Å². The summed E-state index contributed by atoms with van der Waals surface area (Å²) in [5.74, 6) is 1.71. The average Bonchev–Trinajstić information content (AvgIpc) is 3.38. The van der Waals surface area contributed by atoms with Crippen LogP contribution in [0.5, 0.6) is 6.01 Å². The average molecular weight is 389 g/mol. The largest absolute Gasteiger partial charge is 0.452 e. The number of nitrogens with zero attached hydrogens (tertiary/aromatic N) is 9. The highest BCUT2D eigenvalue weighted by Gasteiger charge is 2.28. The molecule has 0 saturated heterocycles. The first kappa shape index (κ1) is 17.4. The van der Waals surface area contributed by atoms with Gasteiger partial charge in [-0.2, -0.15) is 0 Å². The minimum atomic E-state index is -0.446. The summed E-state index contributed by atoms with van der Waals surface area (Å²) in [6.07, 6.45) is 8.92. The molecule has 1 saturated carbocycles. The van der Waals surface area contributed by atoms with E-state index < -0.39 is 6.10 Å². The molecule has 1 fully saturated rings. The summed E-state index contributed by atoms with van der Waals surface area (Å²) >= 11 is 0. The first-order chi connectivity index (χ1) is 14.2. The van der Waals surface area contributed by atoms with Crippen LogP contribution in [0.3, 0.4) is 0 Å². The second kappa shape index (κ2) is 7.04. The Kier molecular flexibility index (Phi) is 4.23. The molecule has 1 unspecified atom stereocenters. The zero-order valence-electron chi connectivity index (χ0n) is 16.0. The fourth-order valence-corrected chi connectivity index (χ4v) is 3.17. The molecule has 0 aromatic carbocycles. The fourth-order valence-electron chi connectivity index (χ4n) is 3.17. The summed E-state index contributed by atoms with van der Waals surface area (Å²) in [6, 6.07) is 6.14. The van der Waals surface area contributed by atoms with Crippen molar-refractivity contribution < 1.29 is 4.74 Å². The molecule has 0 N–H and O–H groups in total. The highest BCUT2D eigenvalue weighted by atomic mass is 16.5. The van der Waals surface area contributed by atoms with Crippen LogP contribution in [-0.4, -0.2) is 44.9 Å². The first-order valence-corrected chi connectivity index (χ1v) is 9.41. The van der Waals surface area contributed by atoms with Gasteiger partial charge in [0, 0.05) is 31.2 Å². The van der Waals surface area contributed by atoms with E-state index in [1.54, 1.807) is 29.4 Å². The van der Waals surface area contributed by atoms with Gasteiger partial charge >= 0.3 is 6.01 Å². The summed E-state index contributed by atoms with van der Waals surface area (Å²) in [6.45, 7) is 1.85. The van der Waals surface area contributed by atoms with Crippen molar-refractivity contribution in [2.75, 3.05) is 0 Å². The van der Waals surface area contributed by atoms with E-state index in [2.05, 4.69) is 35.6 Å². The predicted octanol–water partition coefficient (Wildman–Crippen LogP) is 2.27. The van der Waals surface area contributed by atoms with Gasteiger partial charge in [0.2, 0.25) is 5.82 Å². The Labute approximate surface area is 166 Å². The van der Waals surface area contributed by atoms with Gasteiger partial charge < -0.3 is 4.74 Å². The van der Waals surface area contributed by atoms with E-state index in [1.807, 2.05) is 32.2 Å². The molecule has 146 valence electrons. The van der Waals surface area contributed by atoms with E-state index in [0.717, 1.165) is 11.3 Å². The zero-order valence-corrected chi connectivity index (χ0v) is 16.0. The van der Waals surface area contributed by atoms with Gasteiger partial charge in [0.1, 0.15) is 5.69 Å². The van der Waals surface area contributed by atoms with E-state index in [4.69, 9.17) is 4.74 Å². The molecule has 10 nitrogen and oxygen atoms in total. The first-order valence-electron chi connectivity index (χ1n) is 9.41. The molecule has 0 aliphatic heterocycles. The third-order valence-electron chi connectivity index (χ3n) is 4.91. The van der Waals surface area contributed by atoms with E-state index in [1.165, 1.54) is 23.2 Å². The second-order valence-electron chi connectivity index (χ2n) is 7.01. The summed E-state index contributed by atoms with van der Waals surface area (Å²) in [5, 5.41) is 21.2. The van der Waals surface area contributed by atoms with Gasteiger partial charge in [-0.25, -0.2) is 0 Å². The van der Waals surface area contributed by atoms with Crippen LogP contribution in [-0.2, 0) is 7.05 Å². The lowest BCUT2D eigenvalue weighted by Crippen LogP contribution is -2.10. The maximum atomic E-state index is 5.95. The van der Waals surface area contributed by atoms with Crippen LogP contribution in [0.4, 0.5) is 0 Å². The highest BCUT2D eigenvalue weighted by molar-refractivity contribution is 5.54. The van der Waals surface area contributed by atoms with Gasteiger partial charge in [-0.1, -0.05) is 5.10 Å². The molecule has 1 aliphatic carbocycles. The second-order valence-corrected chi connectivity index (χ2v) is 7.01. The molecule has 0 bridgehead atoms. The van der Waals surface area contributed by atoms with Crippen molar-refractivity contribution in [3.63, 3.8) is 0 Å². The lowest BCUT2D eigenvalue weighted by atomic mass is 10.1. The van der Waals surface area contributed by atoms with Crippen LogP contribution in [0.1, 0.15) is 43.2 Å². The number of aromatic nitrogens is 9. The molecule has 0 radical (unpaired) electrons. The fraction of sp³-hybridized carbons (Fsp3) is 0.316. The minimum Gasteiger partial charge on any atom is -0.452 e. The summed E-state index contributed by atoms with van der Waals surface area (Å²) in [7, 11) is 1.85. The Balaban J connectivity index is 1.37. The number of hydrogen-bond acceptors (Lipinski definition) is 8. The van der Waals surface area contributed by atoms with Crippen LogP contribution in [0.25, 0.3) is 17.1 Å². The molecule has 10 heteroatoms. The molecule has 4 heterocycles. The minimum absolute atomic E-state index is 0.376. The van der Waals surface area contributed by atoms with Crippen LogP contribution in [0.2, 0.25) is 0 Å². The molecular weight excluding hydrogens is 370 g/mol. The van der Waals surface area contributed by atoms with Crippen molar-refractivity contribution in [3.05, 3.63) is 54.4 Å². The van der Waals surface area contributed by atoms with Gasteiger partial charge in [-0.3, -0.25) is 14.5 Å². The van der Waals surface area contributed by atoms with E-state index in [9.17, 15) is 0 Å². The smallest absolute Gasteiger partial charge is 0.317 e. The van der Waals surface area contributed by atoms with E-state index in [0.29, 0.717) is 23.6 Å². The number of rotatable bonds is 6. The standard InChI is InChI=1S/C19H19N9O/c1-12(29-19-24-23-18(27(19)2)14-5-8-20-9-6-14)17-22-26-28(25-17)16-11-21-10-7-15(16)13-3-4-13/h5-13H,3-4H2,1-2H3. The topological polar surface area (TPSA) is 109 Å². The maximum Gasteiger partial charge on any atom is 0.317 e. The molecule has 0 amide bonds. The monoisotopic (exact) mass is 389 g/mol. The quantitative estimate of drug-likeness (QED) is 0.494. The summed E-state index contributed by atoms with van der Waals surface area (Å²) in [4.78, 5) is 9.76. The normalized spacial score (nSPS) is 14.7. The predicted molar refractivity (Wildman–Crippen MR) is 102 cm³/mol. The van der Waals surface area contributed by atoms with Crippen LogP contribution >= 0.6 is 0 Å². The van der Waals surface area contributed by atoms with Crippen molar-refractivity contribution in [1.82, 2.24) is 44.9 Å². The van der Waals surface area contributed by atoms with Crippen LogP contribution in [0, 0.1) is 0 Å². The Bertz CT molecular complexity index is 1130. The SMILES string of the molecule is CC(Oc1nnc(-c2ccncc2)n1C)c1nnn(-c2cnccc2C2CC2)n1. The number of ether oxygens (including phenoxy) is 1. The Hall–Kier alpha value is -3.69. The van der Waals surface area contributed by atoms with Crippen molar-refractivity contribution in [1.29, 1.82) is 0 Å². The van der Waals surface area contributed by atoms with Crippen molar-refractivity contribution in [2.24, 2.45) is 7.05 Å². The third kappa shape index (κ3) is 3.33. The van der Waals surface area contributed by atoms with Crippen molar-refractivity contribution in [2.45, 2.75) is 31.8 Å². The van der Waals surface area contributed by atoms with Crippen LogP contribution < -0.4 is 4.74 Å². The van der Waals surface area contributed by atoms with Gasteiger partial charge in [-0.05, 0) is 54.7 Å². The summed E-state index contributed by atoms with van der Waals surface area (Å²) in [5.41, 5.74) is 2.97. The van der Waals surface area contributed by atoms with Gasteiger partial charge in [0.25, 0.3) is 0 Å². The number of tetrazole rings is 1. The molecular formula is C19H19N9O. The highest BCUT2D eigenvalue weighted by Crippen LogP contribution is 2.42. The number of pyridine rings is 2. The summed E-state index contributed by atoms with van der Waals surface area (Å²) < 4.78 is 7.73. The van der Waals surface area contributed by atoms with Gasteiger partial charge in [0.05, 0.1) is 6.20 Å².